The zero-order valence-electron chi connectivity index (χ0n) is 20.4. The molecule has 0 aromatic heterocycles. The number of ether oxygens (including phenoxy) is 1. The molecule has 0 saturated heterocycles. The van der Waals surface area contributed by atoms with Crippen molar-refractivity contribution in [1.82, 2.24) is 15.5 Å². The first-order valence-electron chi connectivity index (χ1n) is 11.7. The van der Waals surface area contributed by atoms with Gasteiger partial charge in [-0.2, -0.15) is 0 Å². The highest BCUT2D eigenvalue weighted by Crippen LogP contribution is 2.34. The fraction of sp³-hybridized carbons (Fsp3) is 0.640. The molecule has 1 aliphatic rings. The molecular weight excluding hydrogens is 406 g/mol. The van der Waals surface area contributed by atoms with Gasteiger partial charge in [-0.25, -0.2) is 4.79 Å². The molecule has 3 amide bonds. The van der Waals surface area contributed by atoms with Gasteiger partial charge >= 0.3 is 6.09 Å². The highest BCUT2D eigenvalue weighted by Gasteiger charge is 2.41. The quantitative estimate of drug-likeness (QED) is 0.556. The van der Waals surface area contributed by atoms with Crippen LogP contribution in [0.4, 0.5) is 4.79 Å². The second kappa shape index (κ2) is 11.3. The fourth-order valence-electron chi connectivity index (χ4n) is 3.75. The monoisotopic (exact) mass is 445 g/mol. The van der Waals surface area contributed by atoms with Crippen molar-refractivity contribution in [3.05, 3.63) is 35.4 Å². The van der Waals surface area contributed by atoms with E-state index < -0.39 is 23.8 Å². The van der Waals surface area contributed by atoms with E-state index in [0.717, 1.165) is 43.2 Å². The summed E-state index contributed by atoms with van der Waals surface area (Å²) in [5.41, 5.74) is 1.10. The Balaban J connectivity index is 2.34. The molecule has 2 rings (SSSR count). The van der Waals surface area contributed by atoms with E-state index in [1.165, 1.54) is 0 Å². The van der Waals surface area contributed by atoms with E-state index in [2.05, 4.69) is 17.6 Å². The molecule has 0 heterocycles. The molecule has 2 atom stereocenters. The van der Waals surface area contributed by atoms with Crippen LogP contribution in [0.1, 0.15) is 83.9 Å². The molecule has 0 spiro atoms. The largest absolute Gasteiger partial charge is 0.444 e. The number of alkyl carbamates (subject to hydrolysis) is 1. The van der Waals surface area contributed by atoms with Crippen molar-refractivity contribution in [3.63, 3.8) is 0 Å². The number of hydrogen-bond donors (Lipinski definition) is 2. The first-order valence-corrected chi connectivity index (χ1v) is 11.7. The third kappa shape index (κ3) is 6.97. The standard InChI is InChI=1S/C25H39N3O4/c1-7-8-16-26-22(29)21(20-15-10-9-12-17(20)2)28(19-13-11-14-19)23(30)18(3)27-24(31)32-25(4,5)6/h9-10,12,15,18-19,21H,7-8,11,13-14,16H2,1-6H3,(H,26,29)(H,27,31). The molecule has 0 radical (unpaired) electrons. The Bertz CT molecular complexity index is 799. The second-order valence-electron chi connectivity index (χ2n) is 9.60. The van der Waals surface area contributed by atoms with Gasteiger partial charge in [-0.15, -0.1) is 0 Å². The van der Waals surface area contributed by atoms with E-state index in [9.17, 15) is 14.4 Å². The number of benzene rings is 1. The van der Waals surface area contributed by atoms with Gasteiger partial charge in [-0.05, 0) is 71.4 Å². The van der Waals surface area contributed by atoms with Gasteiger partial charge in [0.15, 0.2) is 0 Å². The van der Waals surface area contributed by atoms with Crippen LogP contribution in [0.25, 0.3) is 0 Å². The molecule has 2 unspecified atom stereocenters. The number of aryl methyl sites for hydroxylation is 1. The van der Waals surface area contributed by atoms with Gasteiger partial charge in [0.05, 0.1) is 0 Å². The SMILES string of the molecule is CCCCNC(=O)C(c1ccccc1C)N(C(=O)C(C)NC(=O)OC(C)(C)C)C1CCC1. The average Bonchev–Trinajstić information content (AvgIpc) is 2.65. The highest BCUT2D eigenvalue weighted by molar-refractivity contribution is 5.92. The molecule has 0 aliphatic heterocycles. The van der Waals surface area contributed by atoms with Crippen LogP contribution in [0.5, 0.6) is 0 Å². The lowest BCUT2D eigenvalue weighted by Crippen LogP contribution is -2.56. The number of rotatable bonds is 9. The highest BCUT2D eigenvalue weighted by atomic mass is 16.6. The van der Waals surface area contributed by atoms with Crippen molar-refractivity contribution in [2.24, 2.45) is 0 Å². The van der Waals surface area contributed by atoms with Gasteiger partial charge in [0.2, 0.25) is 11.8 Å². The van der Waals surface area contributed by atoms with E-state index in [-0.39, 0.29) is 17.9 Å². The molecule has 1 saturated carbocycles. The fourth-order valence-corrected chi connectivity index (χ4v) is 3.75. The predicted octanol–water partition coefficient (Wildman–Crippen LogP) is 4.25. The summed E-state index contributed by atoms with van der Waals surface area (Å²) in [5, 5.41) is 5.66. The molecule has 32 heavy (non-hydrogen) atoms. The van der Waals surface area contributed by atoms with Crippen molar-refractivity contribution in [1.29, 1.82) is 0 Å². The topological polar surface area (TPSA) is 87.7 Å². The average molecular weight is 446 g/mol. The molecule has 1 aromatic carbocycles. The van der Waals surface area contributed by atoms with Crippen LogP contribution in [0.15, 0.2) is 24.3 Å². The smallest absolute Gasteiger partial charge is 0.408 e. The Morgan fingerprint density at radius 1 is 1.19 bits per heavy atom. The van der Waals surface area contributed by atoms with Crippen LogP contribution in [-0.2, 0) is 14.3 Å². The van der Waals surface area contributed by atoms with Gasteiger partial charge < -0.3 is 20.3 Å². The number of amides is 3. The minimum absolute atomic E-state index is 0.0353. The Morgan fingerprint density at radius 2 is 1.84 bits per heavy atom. The third-order valence-electron chi connectivity index (χ3n) is 5.67. The molecule has 1 fully saturated rings. The number of carbonyl (C=O) groups excluding carboxylic acids is 3. The number of nitrogens with zero attached hydrogens (tertiary/aromatic N) is 1. The van der Waals surface area contributed by atoms with Crippen molar-refractivity contribution < 1.29 is 19.1 Å². The first kappa shape index (κ1) is 25.7. The lowest BCUT2D eigenvalue weighted by Gasteiger charge is -2.43. The van der Waals surface area contributed by atoms with Gasteiger partial charge in [-0.3, -0.25) is 9.59 Å². The van der Waals surface area contributed by atoms with E-state index >= 15 is 0 Å². The maximum atomic E-state index is 13.6. The van der Waals surface area contributed by atoms with Crippen LogP contribution in [0.3, 0.4) is 0 Å². The molecule has 2 N–H and O–H groups in total. The van der Waals surface area contributed by atoms with Crippen molar-refractivity contribution in [2.75, 3.05) is 6.54 Å². The molecular formula is C25H39N3O4. The van der Waals surface area contributed by atoms with Gasteiger partial charge in [0.1, 0.15) is 17.7 Å². The number of hydrogen-bond acceptors (Lipinski definition) is 4. The summed E-state index contributed by atoms with van der Waals surface area (Å²) in [5.74, 6) is -0.461. The summed E-state index contributed by atoms with van der Waals surface area (Å²) in [4.78, 5) is 40.9. The molecule has 178 valence electrons. The Morgan fingerprint density at radius 3 is 2.38 bits per heavy atom. The predicted molar refractivity (Wildman–Crippen MR) is 125 cm³/mol. The van der Waals surface area contributed by atoms with Crippen LogP contribution < -0.4 is 10.6 Å². The van der Waals surface area contributed by atoms with Crippen molar-refractivity contribution in [3.8, 4) is 0 Å². The summed E-state index contributed by atoms with van der Waals surface area (Å²) in [6.07, 6.45) is 3.90. The summed E-state index contributed by atoms with van der Waals surface area (Å²) in [6, 6.07) is 6.08. The van der Waals surface area contributed by atoms with E-state index in [0.29, 0.717) is 6.54 Å². The zero-order chi connectivity index (χ0) is 23.9. The van der Waals surface area contributed by atoms with Crippen LogP contribution in [0, 0.1) is 6.92 Å². The Kier molecular flexibility index (Phi) is 9.10. The van der Waals surface area contributed by atoms with Crippen molar-refractivity contribution >= 4 is 17.9 Å². The van der Waals surface area contributed by atoms with Crippen molar-refractivity contribution in [2.45, 2.75) is 97.4 Å². The minimum Gasteiger partial charge on any atom is -0.444 e. The molecule has 0 bridgehead atoms. The normalized spacial score (nSPS) is 15.8. The third-order valence-corrected chi connectivity index (χ3v) is 5.67. The summed E-state index contributed by atoms with van der Waals surface area (Å²) >= 11 is 0. The second-order valence-corrected chi connectivity index (χ2v) is 9.60. The maximum Gasteiger partial charge on any atom is 0.408 e. The number of unbranched alkanes of at least 4 members (excludes halogenated alkanes) is 1. The lowest BCUT2D eigenvalue weighted by atomic mass is 9.87. The first-order chi connectivity index (χ1) is 15.0. The Hall–Kier alpha value is -2.57. The van der Waals surface area contributed by atoms with E-state index in [4.69, 9.17) is 4.74 Å². The number of carbonyl (C=O) groups is 3. The molecule has 7 nitrogen and oxygen atoms in total. The number of nitrogens with one attached hydrogen (secondary N) is 2. The van der Waals surface area contributed by atoms with Gasteiger partial charge in [0, 0.05) is 12.6 Å². The van der Waals surface area contributed by atoms with E-state index in [1.54, 1.807) is 32.6 Å². The Labute approximate surface area is 192 Å². The van der Waals surface area contributed by atoms with Gasteiger partial charge in [0.25, 0.3) is 0 Å². The maximum absolute atomic E-state index is 13.6. The van der Waals surface area contributed by atoms with E-state index in [1.807, 2.05) is 31.2 Å². The summed E-state index contributed by atoms with van der Waals surface area (Å²) in [7, 11) is 0. The molecule has 7 heteroatoms. The van der Waals surface area contributed by atoms with Crippen LogP contribution in [-0.4, -0.2) is 47.0 Å². The summed E-state index contributed by atoms with van der Waals surface area (Å²) < 4.78 is 5.32. The summed E-state index contributed by atoms with van der Waals surface area (Å²) in [6.45, 7) is 11.5. The van der Waals surface area contributed by atoms with Crippen LogP contribution >= 0.6 is 0 Å². The zero-order valence-corrected chi connectivity index (χ0v) is 20.4. The minimum atomic E-state index is -0.819. The molecule has 1 aliphatic carbocycles. The molecule has 1 aromatic rings. The van der Waals surface area contributed by atoms with Gasteiger partial charge in [-0.1, -0.05) is 37.6 Å². The van der Waals surface area contributed by atoms with Crippen LogP contribution in [0.2, 0.25) is 0 Å². The lowest BCUT2D eigenvalue weighted by molar-refractivity contribution is -0.147.